The molecule has 1 aliphatic rings. The Labute approximate surface area is 102 Å². The molecule has 0 spiro atoms. The van der Waals surface area contributed by atoms with Crippen molar-refractivity contribution in [3.63, 3.8) is 0 Å². The Morgan fingerprint density at radius 2 is 2.12 bits per heavy atom. The lowest BCUT2D eigenvalue weighted by Gasteiger charge is -2.32. The van der Waals surface area contributed by atoms with Crippen molar-refractivity contribution in [1.29, 1.82) is 0 Å². The lowest BCUT2D eigenvalue weighted by Crippen LogP contribution is -2.35. The Kier molecular flexibility index (Phi) is 4.02. The summed E-state index contributed by atoms with van der Waals surface area (Å²) >= 11 is 0. The molecule has 1 fully saturated rings. The van der Waals surface area contributed by atoms with Gasteiger partial charge in [0.15, 0.2) is 0 Å². The number of rotatable bonds is 4. The molecule has 0 radical (unpaired) electrons. The fraction of sp³-hybridized carbons (Fsp3) is 0.571. The molecule has 3 heteroatoms. The van der Waals surface area contributed by atoms with Crippen LogP contribution in [-0.2, 0) is 10.3 Å². The minimum Gasteiger partial charge on any atom is -0.494 e. The van der Waals surface area contributed by atoms with Crippen LogP contribution in [0.3, 0.4) is 0 Å². The summed E-state index contributed by atoms with van der Waals surface area (Å²) in [7, 11) is 0. The van der Waals surface area contributed by atoms with Crippen LogP contribution in [-0.4, -0.2) is 24.9 Å². The second-order valence-electron chi connectivity index (χ2n) is 4.56. The number of hydrogen-bond donors (Lipinski definition) is 1. The highest BCUT2D eigenvalue weighted by atomic mass is 16.5. The number of benzene rings is 1. The van der Waals surface area contributed by atoms with Crippen LogP contribution in [0.5, 0.6) is 5.75 Å². The van der Waals surface area contributed by atoms with Crippen molar-refractivity contribution in [2.24, 2.45) is 0 Å². The molecular weight excluding hydrogens is 216 g/mol. The molecule has 0 amide bonds. The van der Waals surface area contributed by atoms with E-state index >= 15 is 0 Å². The maximum atomic E-state index is 10.4. The number of aliphatic hydroxyl groups is 1. The summed E-state index contributed by atoms with van der Waals surface area (Å²) in [5.41, 5.74) is 0.0997. The molecule has 1 unspecified atom stereocenters. The maximum Gasteiger partial charge on any atom is 0.119 e. The summed E-state index contributed by atoms with van der Waals surface area (Å²) in [4.78, 5) is 0. The van der Waals surface area contributed by atoms with Crippen molar-refractivity contribution in [3.05, 3.63) is 29.8 Å². The molecule has 3 nitrogen and oxygen atoms in total. The molecule has 1 atom stereocenters. The molecule has 1 heterocycles. The Morgan fingerprint density at radius 3 is 2.71 bits per heavy atom. The minimum atomic E-state index is -0.818. The maximum absolute atomic E-state index is 10.4. The summed E-state index contributed by atoms with van der Waals surface area (Å²) in [5, 5.41) is 10.4. The molecule has 1 aromatic rings. The number of hydrogen-bond acceptors (Lipinski definition) is 3. The van der Waals surface area contributed by atoms with Gasteiger partial charge in [-0.2, -0.15) is 0 Å². The van der Waals surface area contributed by atoms with Crippen LogP contribution in [0.25, 0.3) is 0 Å². The SMILES string of the molecule is CCCOc1ccc(C2(O)CCCOC2)cc1. The second kappa shape index (κ2) is 5.52. The van der Waals surface area contributed by atoms with Crippen LogP contribution < -0.4 is 4.74 Å². The molecule has 1 aromatic carbocycles. The highest BCUT2D eigenvalue weighted by Crippen LogP contribution is 2.31. The van der Waals surface area contributed by atoms with Crippen molar-refractivity contribution in [3.8, 4) is 5.75 Å². The van der Waals surface area contributed by atoms with Crippen molar-refractivity contribution in [2.75, 3.05) is 19.8 Å². The lowest BCUT2D eigenvalue weighted by molar-refractivity contribution is -0.0902. The van der Waals surface area contributed by atoms with Gasteiger partial charge in [0.05, 0.1) is 13.2 Å². The van der Waals surface area contributed by atoms with Crippen molar-refractivity contribution in [1.82, 2.24) is 0 Å². The molecule has 17 heavy (non-hydrogen) atoms. The summed E-state index contributed by atoms with van der Waals surface area (Å²) in [6.45, 7) is 3.95. The third kappa shape index (κ3) is 2.99. The van der Waals surface area contributed by atoms with Gasteiger partial charge in [-0.25, -0.2) is 0 Å². The average molecular weight is 236 g/mol. The summed E-state index contributed by atoms with van der Waals surface area (Å²) in [6.07, 6.45) is 2.67. The first-order chi connectivity index (χ1) is 8.24. The molecule has 94 valence electrons. The number of ether oxygens (including phenoxy) is 2. The third-order valence-electron chi connectivity index (χ3n) is 3.08. The molecule has 1 aliphatic heterocycles. The first kappa shape index (κ1) is 12.4. The topological polar surface area (TPSA) is 38.7 Å². The van der Waals surface area contributed by atoms with Gasteiger partial charge in [0, 0.05) is 6.61 Å². The Morgan fingerprint density at radius 1 is 1.35 bits per heavy atom. The van der Waals surface area contributed by atoms with E-state index in [-0.39, 0.29) is 0 Å². The molecule has 1 saturated heterocycles. The molecule has 1 N–H and O–H groups in total. The zero-order valence-electron chi connectivity index (χ0n) is 10.3. The van der Waals surface area contributed by atoms with Gasteiger partial charge in [0.1, 0.15) is 11.4 Å². The smallest absolute Gasteiger partial charge is 0.119 e. The minimum absolute atomic E-state index is 0.391. The monoisotopic (exact) mass is 236 g/mol. The quantitative estimate of drug-likeness (QED) is 0.872. The van der Waals surface area contributed by atoms with Gasteiger partial charge in [0.2, 0.25) is 0 Å². The largest absolute Gasteiger partial charge is 0.494 e. The van der Waals surface area contributed by atoms with Crippen LogP contribution in [0.15, 0.2) is 24.3 Å². The van der Waals surface area contributed by atoms with E-state index in [1.165, 1.54) is 0 Å². The second-order valence-corrected chi connectivity index (χ2v) is 4.56. The van der Waals surface area contributed by atoms with Gasteiger partial charge in [0.25, 0.3) is 0 Å². The van der Waals surface area contributed by atoms with Gasteiger partial charge < -0.3 is 14.6 Å². The van der Waals surface area contributed by atoms with Crippen LogP contribution in [0.4, 0.5) is 0 Å². The van der Waals surface area contributed by atoms with Gasteiger partial charge in [-0.15, -0.1) is 0 Å². The first-order valence-electron chi connectivity index (χ1n) is 6.28. The van der Waals surface area contributed by atoms with E-state index in [1.807, 2.05) is 24.3 Å². The third-order valence-corrected chi connectivity index (χ3v) is 3.08. The molecule has 0 saturated carbocycles. The Bertz CT molecular complexity index is 339. The van der Waals surface area contributed by atoms with E-state index in [0.29, 0.717) is 6.61 Å². The predicted molar refractivity (Wildman–Crippen MR) is 66.2 cm³/mol. The van der Waals surface area contributed by atoms with E-state index in [4.69, 9.17) is 9.47 Å². The van der Waals surface area contributed by atoms with Crippen LogP contribution in [0, 0.1) is 0 Å². The van der Waals surface area contributed by atoms with E-state index < -0.39 is 5.60 Å². The molecule has 0 aliphatic carbocycles. The van der Waals surface area contributed by atoms with Crippen molar-refractivity contribution in [2.45, 2.75) is 31.8 Å². The highest BCUT2D eigenvalue weighted by Gasteiger charge is 2.31. The van der Waals surface area contributed by atoms with Crippen LogP contribution in [0.1, 0.15) is 31.7 Å². The standard InChI is InChI=1S/C14H20O3/c1-2-9-17-13-6-4-12(5-7-13)14(15)8-3-10-16-11-14/h4-7,15H,2-3,8-11H2,1H3. The van der Waals surface area contributed by atoms with Gasteiger partial charge in [-0.3, -0.25) is 0 Å². The lowest BCUT2D eigenvalue weighted by atomic mass is 9.88. The van der Waals surface area contributed by atoms with Gasteiger partial charge in [-0.1, -0.05) is 19.1 Å². The van der Waals surface area contributed by atoms with E-state index in [2.05, 4.69) is 6.92 Å². The van der Waals surface area contributed by atoms with E-state index in [9.17, 15) is 5.11 Å². The highest BCUT2D eigenvalue weighted by molar-refractivity contribution is 5.31. The van der Waals surface area contributed by atoms with E-state index in [0.717, 1.165) is 43.8 Å². The summed E-state index contributed by atoms with van der Waals surface area (Å²) in [6, 6.07) is 7.69. The summed E-state index contributed by atoms with van der Waals surface area (Å²) < 4.78 is 10.9. The molecular formula is C14H20O3. The summed E-state index contributed by atoms with van der Waals surface area (Å²) in [5.74, 6) is 0.857. The predicted octanol–water partition coefficient (Wildman–Crippen LogP) is 2.47. The fourth-order valence-corrected chi connectivity index (χ4v) is 2.09. The van der Waals surface area contributed by atoms with Crippen molar-refractivity contribution < 1.29 is 14.6 Å². The van der Waals surface area contributed by atoms with Gasteiger partial charge in [-0.05, 0) is 37.0 Å². The van der Waals surface area contributed by atoms with Gasteiger partial charge >= 0.3 is 0 Å². The molecule has 2 rings (SSSR count). The fourth-order valence-electron chi connectivity index (χ4n) is 2.09. The Balaban J connectivity index is 2.06. The Hall–Kier alpha value is -1.06. The van der Waals surface area contributed by atoms with Crippen LogP contribution in [0.2, 0.25) is 0 Å². The molecule has 0 aromatic heterocycles. The molecule has 0 bridgehead atoms. The van der Waals surface area contributed by atoms with Crippen LogP contribution >= 0.6 is 0 Å². The average Bonchev–Trinajstić information content (AvgIpc) is 2.38. The zero-order valence-corrected chi connectivity index (χ0v) is 10.3. The zero-order chi connectivity index (χ0) is 12.1. The van der Waals surface area contributed by atoms with E-state index in [1.54, 1.807) is 0 Å². The van der Waals surface area contributed by atoms with Crippen molar-refractivity contribution >= 4 is 0 Å². The first-order valence-corrected chi connectivity index (χ1v) is 6.28. The normalized spacial score (nSPS) is 24.6.